The Kier molecular flexibility index (Phi) is 5.87. The number of hydrogen-bond donors (Lipinski definition) is 1. The van der Waals surface area contributed by atoms with Crippen LogP contribution in [0.2, 0.25) is 0 Å². The highest BCUT2D eigenvalue weighted by molar-refractivity contribution is 5.31. The topological polar surface area (TPSA) is 12.0 Å². The molecule has 1 aromatic carbocycles. The standard InChI is InChI=1S/C17H29N/c1-7-8-18-17(15(6)12(2)3)16-10-13(4)9-14(5)11-16/h9-12,15,17-18H,7-8H2,1-6H3. The molecule has 0 aliphatic carbocycles. The third-order valence-electron chi connectivity index (χ3n) is 3.79. The quantitative estimate of drug-likeness (QED) is 0.772. The molecule has 0 radical (unpaired) electrons. The number of rotatable bonds is 6. The van der Waals surface area contributed by atoms with Gasteiger partial charge in [0.05, 0.1) is 0 Å². The number of aryl methyl sites for hydroxylation is 2. The first kappa shape index (κ1) is 15.2. The van der Waals surface area contributed by atoms with Crippen LogP contribution in [-0.4, -0.2) is 6.54 Å². The molecular weight excluding hydrogens is 218 g/mol. The number of benzene rings is 1. The van der Waals surface area contributed by atoms with Crippen LogP contribution in [0.25, 0.3) is 0 Å². The molecule has 1 nitrogen and oxygen atoms in total. The molecule has 2 unspecified atom stereocenters. The Hall–Kier alpha value is -0.820. The molecule has 1 rings (SSSR count). The van der Waals surface area contributed by atoms with Crippen molar-refractivity contribution in [2.75, 3.05) is 6.54 Å². The van der Waals surface area contributed by atoms with Gasteiger partial charge in [-0.2, -0.15) is 0 Å². The zero-order chi connectivity index (χ0) is 13.7. The van der Waals surface area contributed by atoms with Gasteiger partial charge >= 0.3 is 0 Å². The fraction of sp³-hybridized carbons (Fsp3) is 0.647. The van der Waals surface area contributed by atoms with Gasteiger partial charge in [0, 0.05) is 6.04 Å². The van der Waals surface area contributed by atoms with Crippen LogP contribution in [-0.2, 0) is 0 Å². The summed E-state index contributed by atoms with van der Waals surface area (Å²) < 4.78 is 0. The van der Waals surface area contributed by atoms with E-state index in [2.05, 4.69) is 65.1 Å². The second-order valence-corrected chi connectivity index (χ2v) is 5.96. The van der Waals surface area contributed by atoms with Gasteiger partial charge in [-0.15, -0.1) is 0 Å². The van der Waals surface area contributed by atoms with Gasteiger partial charge in [0.25, 0.3) is 0 Å². The van der Waals surface area contributed by atoms with E-state index >= 15 is 0 Å². The lowest BCUT2D eigenvalue weighted by molar-refractivity contribution is 0.303. The Morgan fingerprint density at radius 3 is 2.00 bits per heavy atom. The van der Waals surface area contributed by atoms with Crippen LogP contribution in [0.4, 0.5) is 0 Å². The molecule has 0 heterocycles. The molecule has 0 fully saturated rings. The summed E-state index contributed by atoms with van der Waals surface area (Å²) in [6, 6.07) is 7.39. The van der Waals surface area contributed by atoms with Crippen molar-refractivity contribution in [3.05, 3.63) is 34.9 Å². The minimum absolute atomic E-state index is 0.476. The summed E-state index contributed by atoms with van der Waals surface area (Å²) in [5, 5.41) is 3.72. The highest BCUT2D eigenvalue weighted by atomic mass is 14.9. The van der Waals surface area contributed by atoms with Crippen LogP contribution in [0.1, 0.15) is 56.8 Å². The molecule has 0 saturated carbocycles. The van der Waals surface area contributed by atoms with Crippen molar-refractivity contribution in [2.45, 2.75) is 54.0 Å². The van der Waals surface area contributed by atoms with Gasteiger partial charge in [-0.25, -0.2) is 0 Å². The molecule has 0 aromatic heterocycles. The van der Waals surface area contributed by atoms with Gasteiger partial charge in [0.1, 0.15) is 0 Å². The van der Waals surface area contributed by atoms with Gasteiger partial charge in [-0.3, -0.25) is 0 Å². The summed E-state index contributed by atoms with van der Waals surface area (Å²) in [6.07, 6.45) is 1.19. The van der Waals surface area contributed by atoms with E-state index in [4.69, 9.17) is 0 Å². The molecule has 18 heavy (non-hydrogen) atoms. The highest BCUT2D eigenvalue weighted by Gasteiger charge is 2.21. The Balaban J connectivity index is 3.00. The van der Waals surface area contributed by atoms with Crippen molar-refractivity contribution in [2.24, 2.45) is 11.8 Å². The lowest BCUT2D eigenvalue weighted by Gasteiger charge is -2.29. The summed E-state index contributed by atoms with van der Waals surface area (Å²) in [7, 11) is 0. The molecule has 1 aromatic rings. The van der Waals surface area contributed by atoms with E-state index in [0.717, 1.165) is 6.54 Å². The molecule has 1 N–H and O–H groups in total. The third-order valence-corrected chi connectivity index (χ3v) is 3.79. The summed E-state index contributed by atoms with van der Waals surface area (Å²) in [5.41, 5.74) is 4.18. The van der Waals surface area contributed by atoms with E-state index in [0.29, 0.717) is 17.9 Å². The van der Waals surface area contributed by atoms with Gasteiger partial charge in [0.15, 0.2) is 0 Å². The van der Waals surface area contributed by atoms with E-state index in [-0.39, 0.29) is 0 Å². The van der Waals surface area contributed by atoms with E-state index < -0.39 is 0 Å². The first-order valence-electron chi connectivity index (χ1n) is 7.27. The molecular formula is C17H29N. The molecule has 0 spiro atoms. The van der Waals surface area contributed by atoms with Crippen molar-refractivity contribution >= 4 is 0 Å². The van der Waals surface area contributed by atoms with Crippen molar-refractivity contribution in [3.63, 3.8) is 0 Å². The van der Waals surface area contributed by atoms with Crippen LogP contribution < -0.4 is 5.32 Å². The van der Waals surface area contributed by atoms with Gasteiger partial charge < -0.3 is 5.32 Å². The monoisotopic (exact) mass is 247 g/mol. The van der Waals surface area contributed by atoms with Crippen molar-refractivity contribution < 1.29 is 0 Å². The number of nitrogens with one attached hydrogen (secondary N) is 1. The highest BCUT2D eigenvalue weighted by Crippen LogP contribution is 2.29. The minimum atomic E-state index is 0.476. The maximum absolute atomic E-state index is 3.72. The van der Waals surface area contributed by atoms with E-state index in [9.17, 15) is 0 Å². The minimum Gasteiger partial charge on any atom is -0.310 e. The fourth-order valence-corrected chi connectivity index (χ4v) is 2.48. The maximum Gasteiger partial charge on any atom is 0.0348 e. The van der Waals surface area contributed by atoms with Crippen molar-refractivity contribution in [1.82, 2.24) is 5.32 Å². The fourth-order valence-electron chi connectivity index (χ4n) is 2.48. The lowest BCUT2D eigenvalue weighted by Crippen LogP contribution is -2.30. The summed E-state index contributed by atoms with van der Waals surface area (Å²) in [6.45, 7) is 14.7. The van der Waals surface area contributed by atoms with Crippen molar-refractivity contribution in [1.29, 1.82) is 0 Å². The normalized spacial score (nSPS) is 14.8. The Bertz CT molecular complexity index is 348. The van der Waals surface area contributed by atoms with Crippen LogP contribution in [0.3, 0.4) is 0 Å². The Morgan fingerprint density at radius 1 is 1.00 bits per heavy atom. The Morgan fingerprint density at radius 2 is 1.56 bits per heavy atom. The summed E-state index contributed by atoms with van der Waals surface area (Å²) in [5.74, 6) is 1.35. The predicted octanol–water partition coefficient (Wildman–Crippen LogP) is 4.64. The van der Waals surface area contributed by atoms with Crippen LogP contribution in [0, 0.1) is 25.7 Å². The molecule has 0 amide bonds. The van der Waals surface area contributed by atoms with Crippen LogP contribution >= 0.6 is 0 Å². The largest absolute Gasteiger partial charge is 0.310 e. The smallest absolute Gasteiger partial charge is 0.0348 e. The van der Waals surface area contributed by atoms with Crippen LogP contribution in [0.15, 0.2) is 18.2 Å². The Labute approximate surface area is 113 Å². The van der Waals surface area contributed by atoms with E-state index in [1.807, 2.05) is 0 Å². The molecule has 102 valence electrons. The first-order chi connectivity index (χ1) is 8.45. The zero-order valence-electron chi connectivity index (χ0n) is 12.9. The molecule has 0 bridgehead atoms. The summed E-state index contributed by atoms with van der Waals surface area (Å²) >= 11 is 0. The molecule has 2 atom stereocenters. The zero-order valence-corrected chi connectivity index (χ0v) is 12.9. The van der Waals surface area contributed by atoms with Crippen molar-refractivity contribution in [3.8, 4) is 0 Å². The van der Waals surface area contributed by atoms with E-state index in [1.54, 1.807) is 0 Å². The molecule has 0 aliphatic heterocycles. The molecule has 0 saturated heterocycles. The average Bonchev–Trinajstić information content (AvgIpc) is 2.27. The van der Waals surface area contributed by atoms with E-state index in [1.165, 1.54) is 23.1 Å². The third kappa shape index (κ3) is 4.13. The first-order valence-corrected chi connectivity index (χ1v) is 7.27. The SMILES string of the molecule is CCCNC(c1cc(C)cc(C)c1)C(C)C(C)C. The van der Waals surface area contributed by atoms with Gasteiger partial charge in [-0.05, 0) is 44.2 Å². The lowest BCUT2D eigenvalue weighted by atomic mass is 9.85. The second kappa shape index (κ2) is 6.94. The molecule has 1 heteroatoms. The maximum atomic E-state index is 3.72. The predicted molar refractivity (Wildman–Crippen MR) is 81.0 cm³/mol. The van der Waals surface area contributed by atoms with Gasteiger partial charge in [0.2, 0.25) is 0 Å². The second-order valence-electron chi connectivity index (χ2n) is 5.96. The van der Waals surface area contributed by atoms with Crippen LogP contribution in [0.5, 0.6) is 0 Å². The van der Waals surface area contributed by atoms with Gasteiger partial charge in [-0.1, -0.05) is 57.0 Å². The number of hydrogen-bond acceptors (Lipinski definition) is 1. The summed E-state index contributed by atoms with van der Waals surface area (Å²) in [4.78, 5) is 0. The average molecular weight is 247 g/mol. The molecule has 0 aliphatic rings.